The number of hydrogen-bond acceptors (Lipinski definition) is 8. The number of nitrogens with zero attached hydrogens (tertiary/aromatic N) is 4. The van der Waals surface area contributed by atoms with Crippen LogP contribution in [0.1, 0.15) is 56.9 Å². The molecule has 2 heterocycles. The first kappa shape index (κ1) is 24.3. The van der Waals surface area contributed by atoms with Gasteiger partial charge in [0.1, 0.15) is 12.4 Å². The summed E-state index contributed by atoms with van der Waals surface area (Å²) in [5.41, 5.74) is 2.03. The molecule has 9 heteroatoms. The molecule has 1 aliphatic carbocycles. The van der Waals surface area contributed by atoms with Gasteiger partial charge in [0.2, 0.25) is 11.9 Å². The van der Waals surface area contributed by atoms with Gasteiger partial charge < -0.3 is 25.0 Å². The number of ether oxygens (including phenoxy) is 2. The van der Waals surface area contributed by atoms with Crippen molar-refractivity contribution < 1.29 is 9.47 Å². The van der Waals surface area contributed by atoms with E-state index in [4.69, 9.17) is 9.47 Å². The van der Waals surface area contributed by atoms with Gasteiger partial charge in [0.15, 0.2) is 0 Å². The lowest BCUT2D eigenvalue weighted by Crippen LogP contribution is -2.31. The molecule has 2 N–H and O–H groups in total. The Bertz CT molecular complexity index is 907. The number of likely N-dealkylation sites (tertiary alicyclic amines) is 1. The van der Waals surface area contributed by atoms with Gasteiger partial charge >= 0.3 is 6.01 Å². The summed E-state index contributed by atoms with van der Waals surface area (Å²) in [5, 5.41) is 6.90. The maximum atomic E-state index is 6.07. The molecular weight excluding hydrogens is 531 g/mol. The maximum absolute atomic E-state index is 6.07. The molecule has 1 atom stereocenters. The fourth-order valence-corrected chi connectivity index (χ4v) is 5.19. The highest BCUT2D eigenvalue weighted by Gasteiger charge is 2.22. The van der Waals surface area contributed by atoms with Gasteiger partial charge in [0, 0.05) is 27.8 Å². The third kappa shape index (κ3) is 6.81. The van der Waals surface area contributed by atoms with E-state index in [2.05, 4.69) is 66.2 Å². The Morgan fingerprint density at radius 1 is 1.03 bits per heavy atom. The fraction of sp³-hybridized carbons (Fsp3) is 0.625. The number of halogens is 1. The van der Waals surface area contributed by atoms with Crippen molar-refractivity contribution in [1.82, 2.24) is 19.9 Å². The molecule has 2 aromatic rings. The van der Waals surface area contributed by atoms with Gasteiger partial charge in [0.25, 0.3) is 0 Å². The van der Waals surface area contributed by atoms with Gasteiger partial charge in [-0.3, -0.25) is 0 Å². The minimum Gasteiger partial charge on any atom is -0.496 e. The second-order valence-corrected chi connectivity index (χ2v) is 9.73. The summed E-state index contributed by atoms with van der Waals surface area (Å²) in [6, 6.07) is 7.18. The van der Waals surface area contributed by atoms with E-state index in [9.17, 15) is 0 Å². The van der Waals surface area contributed by atoms with Crippen molar-refractivity contribution in [2.24, 2.45) is 0 Å². The summed E-state index contributed by atoms with van der Waals surface area (Å²) >= 11 is 2.34. The van der Waals surface area contributed by atoms with Crippen LogP contribution in [0.25, 0.3) is 0 Å². The molecule has 1 saturated heterocycles. The zero-order valence-electron chi connectivity index (χ0n) is 19.6. The summed E-state index contributed by atoms with van der Waals surface area (Å²) in [5.74, 6) is 1.95. The lowest BCUT2D eigenvalue weighted by atomic mass is 10.1. The zero-order chi connectivity index (χ0) is 23.0. The lowest BCUT2D eigenvalue weighted by Gasteiger charge is -2.20. The topological polar surface area (TPSA) is 84.4 Å². The smallest absolute Gasteiger partial charge is 0.323 e. The fourth-order valence-electron chi connectivity index (χ4n) is 4.60. The summed E-state index contributed by atoms with van der Waals surface area (Å²) in [6.07, 6.45) is 9.75. The molecular formula is C24H35IN6O2. The molecule has 8 nitrogen and oxygen atoms in total. The monoisotopic (exact) mass is 566 g/mol. The Kier molecular flexibility index (Phi) is 8.82. The molecule has 4 rings (SSSR count). The van der Waals surface area contributed by atoms with E-state index in [1.807, 2.05) is 12.1 Å². The van der Waals surface area contributed by atoms with Crippen molar-refractivity contribution in [3.05, 3.63) is 23.8 Å². The van der Waals surface area contributed by atoms with Crippen LogP contribution in [0.5, 0.6) is 11.8 Å². The van der Waals surface area contributed by atoms with Crippen LogP contribution in [0.2, 0.25) is 0 Å². The Labute approximate surface area is 210 Å². The first-order valence-corrected chi connectivity index (χ1v) is 13.5. The highest BCUT2D eigenvalue weighted by molar-refractivity contribution is 14.1. The first-order valence-electron chi connectivity index (χ1n) is 12.0. The molecule has 1 unspecified atom stereocenters. The number of alkyl halides is 1. The molecule has 0 bridgehead atoms. The molecule has 1 saturated carbocycles. The van der Waals surface area contributed by atoms with Crippen LogP contribution in [0.4, 0.5) is 17.6 Å². The highest BCUT2D eigenvalue weighted by Crippen LogP contribution is 2.27. The minimum absolute atomic E-state index is 0.367. The van der Waals surface area contributed by atoms with Gasteiger partial charge in [-0.25, -0.2) is 0 Å². The summed E-state index contributed by atoms with van der Waals surface area (Å²) < 4.78 is 12.4. The van der Waals surface area contributed by atoms with E-state index < -0.39 is 0 Å². The summed E-state index contributed by atoms with van der Waals surface area (Å²) in [4.78, 5) is 16.2. The number of methoxy groups -OCH3 is 1. The molecule has 1 aromatic heterocycles. The van der Waals surface area contributed by atoms with E-state index >= 15 is 0 Å². The van der Waals surface area contributed by atoms with Crippen molar-refractivity contribution in [3.8, 4) is 11.8 Å². The normalized spacial score (nSPS) is 19.8. The van der Waals surface area contributed by atoms with Crippen LogP contribution in [0, 0.1) is 0 Å². The van der Waals surface area contributed by atoms with Crippen molar-refractivity contribution in [2.75, 3.05) is 37.9 Å². The summed E-state index contributed by atoms with van der Waals surface area (Å²) in [7, 11) is 3.84. The third-order valence-electron chi connectivity index (χ3n) is 6.56. The molecule has 0 radical (unpaired) electrons. The van der Waals surface area contributed by atoms with Gasteiger partial charge in [0.05, 0.1) is 7.11 Å². The lowest BCUT2D eigenvalue weighted by molar-refractivity contribution is 0.188. The second-order valence-electron chi connectivity index (χ2n) is 8.97. The number of likely N-dealkylation sites (N-methyl/N-ethyl adjacent to an activating group) is 1. The molecule has 1 aliphatic heterocycles. The van der Waals surface area contributed by atoms with E-state index in [0.29, 0.717) is 36.6 Å². The van der Waals surface area contributed by atoms with Gasteiger partial charge in [-0.15, -0.1) is 0 Å². The number of hydrogen-bond donors (Lipinski definition) is 2. The van der Waals surface area contributed by atoms with Crippen molar-refractivity contribution in [1.29, 1.82) is 0 Å². The standard InChI is InChI=1S/C24H35IN6O2/c1-31-13-7-10-20(31)16-33-24-29-22(26-18-8-5-3-4-6-9-18)28-23(30-24)27-19-11-12-21(32-2)17(14-19)15-25/h11-12,14,18,20H,3-10,13,15-16H2,1-2H3,(H2,26,27,28,29,30). The predicted molar refractivity (Wildman–Crippen MR) is 140 cm³/mol. The highest BCUT2D eigenvalue weighted by atomic mass is 127. The quantitative estimate of drug-likeness (QED) is 0.245. The van der Waals surface area contributed by atoms with Gasteiger partial charge in [-0.05, 0) is 57.5 Å². The maximum Gasteiger partial charge on any atom is 0.323 e. The van der Waals surface area contributed by atoms with Gasteiger partial charge in [-0.2, -0.15) is 15.0 Å². The number of anilines is 3. The third-order valence-corrected chi connectivity index (χ3v) is 7.38. The molecule has 1 aromatic carbocycles. The van der Waals surface area contributed by atoms with Crippen molar-refractivity contribution in [2.45, 2.75) is 67.9 Å². The number of rotatable bonds is 9. The average Bonchev–Trinajstić information content (AvgIpc) is 3.06. The Morgan fingerprint density at radius 2 is 1.82 bits per heavy atom. The zero-order valence-corrected chi connectivity index (χ0v) is 21.8. The van der Waals surface area contributed by atoms with E-state index in [0.717, 1.165) is 47.2 Å². The van der Waals surface area contributed by atoms with Crippen molar-refractivity contribution >= 4 is 40.2 Å². The van der Waals surface area contributed by atoms with Crippen LogP contribution in [0.15, 0.2) is 18.2 Å². The average molecular weight is 566 g/mol. The minimum atomic E-state index is 0.367. The predicted octanol–water partition coefficient (Wildman–Crippen LogP) is 5.17. The second kappa shape index (κ2) is 12.0. The van der Waals surface area contributed by atoms with E-state index in [-0.39, 0.29) is 0 Å². The van der Waals surface area contributed by atoms with Crippen molar-refractivity contribution in [3.63, 3.8) is 0 Å². The molecule has 2 aliphatic rings. The Balaban J connectivity index is 1.53. The molecule has 33 heavy (non-hydrogen) atoms. The van der Waals surface area contributed by atoms with Crippen LogP contribution in [0.3, 0.4) is 0 Å². The van der Waals surface area contributed by atoms with Gasteiger partial charge in [-0.1, -0.05) is 48.3 Å². The first-order chi connectivity index (χ1) is 16.1. The Hall–Kier alpha value is -1.88. The van der Waals surface area contributed by atoms with Crippen LogP contribution in [-0.2, 0) is 4.43 Å². The van der Waals surface area contributed by atoms with E-state index in [1.165, 1.54) is 32.1 Å². The molecule has 0 spiro atoms. The molecule has 0 amide bonds. The van der Waals surface area contributed by atoms with E-state index in [1.54, 1.807) is 7.11 Å². The van der Waals surface area contributed by atoms with Crippen LogP contribution in [-0.4, -0.2) is 59.2 Å². The largest absolute Gasteiger partial charge is 0.496 e. The number of nitrogens with one attached hydrogen (secondary N) is 2. The van der Waals surface area contributed by atoms with Crippen LogP contribution >= 0.6 is 22.6 Å². The van der Waals surface area contributed by atoms with Crippen LogP contribution < -0.4 is 20.1 Å². The Morgan fingerprint density at radius 3 is 2.52 bits per heavy atom. The molecule has 180 valence electrons. The molecule has 2 fully saturated rings. The summed E-state index contributed by atoms with van der Waals surface area (Å²) in [6.45, 7) is 1.70. The number of aromatic nitrogens is 3. The SMILES string of the molecule is COc1ccc(Nc2nc(NC3CCCCCC3)nc(OCC3CCCN3C)n2)cc1CI. The number of benzene rings is 1.